The van der Waals surface area contributed by atoms with Crippen molar-refractivity contribution < 1.29 is 23.8 Å². The number of amides is 1. The summed E-state index contributed by atoms with van der Waals surface area (Å²) in [6.07, 6.45) is 0.756. The topological polar surface area (TPSA) is 77.1 Å². The number of carbonyl (C=O) groups is 2. The number of fused-ring (bicyclic) bond motifs is 1. The molecule has 0 atom stereocenters. The predicted octanol–water partition coefficient (Wildman–Crippen LogP) is 3.72. The van der Waals surface area contributed by atoms with Gasteiger partial charge in [0.2, 0.25) is 0 Å². The van der Waals surface area contributed by atoms with Gasteiger partial charge in [-0.2, -0.15) is 0 Å². The van der Waals surface area contributed by atoms with Crippen LogP contribution in [0, 0.1) is 0 Å². The molecule has 30 heavy (non-hydrogen) atoms. The summed E-state index contributed by atoms with van der Waals surface area (Å²) < 4.78 is 16.1. The number of hydrogen-bond acceptors (Lipinski definition) is 7. The van der Waals surface area contributed by atoms with Gasteiger partial charge in [0.15, 0.2) is 18.1 Å². The van der Waals surface area contributed by atoms with Crippen molar-refractivity contribution >= 4 is 28.2 Å². The maximum Gasteiger partial charge on any atom is 0.341 e. The number of esters is 1. The van der Waals surface area contributed by atoms with E-state index in [2.05, 4.69) is 24.1 Å². The van der Waals surface area contributed by atoms with Crippen molar-refractivity contribution in [3.63, 3.8) is 0 Å². The summed E-state index contributed by atoms with van der Waals surface area (Å²) >= 11 is 1.44. The van der Waals surface area contributed by atoms with Gasteiger partial charge in [0.25, 0.3) is 5.91 Å². The van der Waals surface area contributed by atoms with E-state index in [4.69, 9.17) is 14.2 Å². The number of para-hydroxylation sites is 2. The summed E-state index contributed by atoms with van der Waals surface area (Å²) in [7, 11) is 1.55. The Kier molecular flexibility index (Phi) is 7.33. The van der Waals surface area contributed by atoms with E-state index >= 15 is 0 Å². The Morgan fingerprint density at radius 1 is 1.23 bits per heavy atom. The van der Waals surface area contributed by atoms with Gasteiger partial charge in [-0.25, -0.2) is 4.79 Å². The number of nitrogens with zero attached hydrogens (tertiary/aromatic N) is 1. The van der Waals surface area contributed by atoms with Gasteiger partial charge in [-0.3, -0.25) is 9.69 Å². The van der Waals surface area contributed by atoms with Gasteiger partial charge in [-0.1, -0.05) is 12.1 Å². The van der Waals surface area contributed by atoms with Gasteiger partial charge in [0.1, 0.15) is 5.00 Å². The minimum Gasteiger partial charge on any atom is -0.493 e. The molecule has 8 heteroatoms. The number of methoxy groups -OCH3 is 1. The lowest BCUT2D eigenvalue weighted by molar-refractivity contribution is -0.118. The summed E-state index contributed by atoms with van der Waals surface area (Å²) in [5, 5.41) is 3.38. The third-order valence-electron chi connectivity index (χ3n) is 4.98. The van der Waals surface area contributed by atoms with Crippen molar-refractivity contribution in [2.75, 3.05) is 32.2 Å². The summed E-state index contributed by atoms with van der Waals surface area (Å²) in [6, 6.07) is 7.55. The molecule has 1 aliphatic heterocycles. The number of rotatable bonds is 8. The van der Waals surface area contributed by atoms with Crippen LogP contribution in [0.25, 0.3) is 0 Å². The number of thiophene rings is 1. The average molecular weight is 433 g/mol. The molecule has 1 amide bonds. The van der Waals surface area contributed by atoms with E-state index in [1.165, 1.54) is 11.3 Å². The van der Waals surface area contributed by atoms with Gasteiger partial charge in [-0.05, 0) is 44.9 Å². The molecule has 2 heterocycles. The number of nitrogens with one attached hydrogen (secondary N) is 1. The van der Waals surface area contributed by atoms with Gasteiger partial charge < -0.3 is 19.5 Å². The third-order valence-corrected chi connectivity index (χ3v) is 6.11. The molecule has 0 fully saturated rings. The van der Waals surface area contributed by atoms with Crippen LogP contribution >= 0.6 is 11.3 Å². The Bertz CT molecular complexity index is 909. The van der Waals surface area contributed by atoms with Gasteiger partial charge in [0, 0.05) is 24.0 Å². The Labute approximate surface area is 180 Å². The standard InChI is InChI=1S/C22H28N2O5S/c1-5-28-22(26)20-15-10-11-24(14(2)3)12-18(15)30-21(20)23-19(25)13-29-17-9-7-6-8-16(17)27-4/h6-9,14H,5,10-13H2,1-4H3,(H,23,25). The molecule has 7 nitrogen and oxygen atoms in total. The predicted molar refractivity (Wildman–Crippen MR) is 117 cm³/mol. The van der Waals surface area contributed by atoms with Crippen LogP contribution < -0.4 is 14.8 Å². The second-order valence-corrected chi connectivity index (χ2v) is 8.34. The molecule has 3 rings (SSSR count). The first kappa shape index (κ1) is 22.1. The van der Waals surface area contributed by atoms with Crippen molar-refractivity contribution in [2.24, 2.45) is 0 Å². The smallest absolute Gasteiger partial charge is 0.341 e. The van der Waals surface area contributed by atoms with E-state index in [1.54, 1.807) is 26.2 Å². The molecule has 162 valence electrons. The normalized spacial score (nSPS) is 13.6. The molecule has 0 unspecified atom stereocenters. The van der Waals surface area contributed by atoms with E-state index in [9.17, 15) is 9.59 Å². The van der Waals surface area contributed by atoms with Crippen LogP contribution in [-0.4, -0.2) is 49.7 Å². The summed E-state index contributed by atoms with van der Waals surface area (Å²) in [6.45, 7) is 7.81. The summed E-state index contributed by atoms with van der Waals surface area (Å²) in [4.78, 5) is 28.6. The van der Waals surface area contributed by atoms with Gasteiger partial charge >= 0.3 is 5.97 Å². The van der Waals surface area contributed by atoms with Crippen LogP contribution in [0.15, 0.2) is 24.3 Å². The highest BCUT2D eigenvalue weighted by Gasteiger charge is 2.30. The Balaban J connectivity index is 1.77. The second kappa shape index (κ2) is 9.95. The Morgan fingerprint density at radius 3 is 2.63 bits per heavy atom. The number of benzene rings is 1. The molecule has 0 aliphatic carbocycles. The fourth-order valence-corrected chi connectivity index (χ4v) is 4.69. The molecule has 1 N–H and O–H groups in total. The summed E-state index contributed by atoms with van der Waals surface area (Å²) in [5.41, 5.74) is 1.46. The molecule has 0 bridgehead atoms. The molecule has 0 saturated carbocycles. The van der Waals surface area contributed by atoms with E-state index in [0.29, 0.717) is 28.1 Å². The third kappa shape index (κ3) is 4.94. The number of ether oxygens (including phenoxy) is 3. The lowest BCUT2D eigenvalue weighted by atomic mass is 10.0. The lowest BCUT2D eigenvalue weighted by Gasteiger charge is -2.30. The fourth-order valence-electron chi connectivity index (χ4n) is 3.42. The number of carbonyl (C=O) groups excluding carboxylic acids is 2. The molecular formula is C22H28N2O5S. The van der Waals surface area contributed by atoms with E-state index in [1.807, 2.05) is 12.1 Å². The minimum atomic E-state index is -0.394. The SMILES string of the molecule is CCOC(=O)c1c(NC(=O)COc2ccccc2OC)sc2c1CCN(C(C)C)C2. The van der Waals surface area contributed by atoms with Crippen molar-refractivity contribution in [1.29, 1.82) is 0 Å². The second-order valence-electron chi connectivity index (χ2n) is 7.23. The zero-order valence-corrected chi connectivity index (χ0v) is 18.6. The quantitative estimate of drug-likeness (QED) is 0.641. The van der Waals surface area contributed by atoms with Crippen molar-refractivity contribution in [1.82, 2.24) is 4.90 Å². The first-order valence-electron chi connectivity index (χ1n) is 10.1. The zero-order chi connectivity index (χ0) is 21.7. The van der Waals surface area contributed by atoms with E-state index < -0.39 is 5.97 Å². The Morgan fingerprint density at radius 2 is 1.97 bits per heavy atom. The number of anilines is 1. The fraction of sp³-hybridized carbons (Fsp3) is 0.455. The Hall–Kier alpha value is -2.58. The number of hydrogen-bond donors (Lipinski definition) is 1. The van der Waals surface area contributed by atoms with Crippen molar-refractivity contribution in [2.45, 2.75) is 39.8 Å². The van der Waals surface area contributed by atoms with Crippen LogP contribution in [0.5, 0.6) is 11.5 Å². The molecule has 0 radical (unpaired) electrons. The molecular weight excluding hydrogens is 404 g/mol. The highest BCUT2D eigenvalue weighted by atomic mass is 32.1. The zero-order valence-electron chi connectivity index (χ0n) is 17.8. The van der Waals surface area contributed by atoms with Gasteiger partial charge in [0.05, 0.1) is 19.3 Å². The molecule has 2 aromatic rings. The largest absolute Gasteiger partial charge is 0.493 e. The molecule has 1 aromatic heterocycles. The van der Waals surface area contributed by atoms with Crippen LogP contribution in [0.1, 0.15) is 41.6 Å². The minimum absolute atomic E-state index is 0.191. The first-order chi connectivity index (χ1) is 14.4. The molecule has 0 spiro atoms. The highest BCUT2D eigenvalue weighted by molar-refractivity contribution is 7.17. The summed E-state index contributed by atoms with van der Waals surface area (Å²) in [5.74, 6) is 0.302. The first-order valence-corrected chi connectivity index (χ1v) is 10.9. The van der Waals surface area contributed by atoms with E-state index in [-0.39, 0.29) is 19.1 Å². The van der Waals surface area contributed by atoms with Crippen LogP contribution in [0.3, 0.4) is 0 Å². The lowest BCUT2D eigenvalue weighted by Crippen LogP contribution is -2.35. The van der Waals surface area contributed by atoms with Crippen molar-refractivity contribution in [3.8, 4) is 11.5 Å². The molecule has 1 aromatic carbocycles. The average Bonchev–Trinajstić information content (AvgIpc) is 3.09. The maximum atomic E-state index is 12.6. The maximum absolute atomic E-state index is 12.6. The molecule has 0 saturated heterocycles. The van der Waals surface area contributed by atoms with E-state index in [0.717, 1.165) is 30.0 Å². The monoisotopic (exact) mass is 432 g/mol. The van der Waals surface area contributed by atoms with Gasteiger partial charge in [-0.15, -0.1) is 11.3 Å². The van der Waals surface area contributed by atoms with Crippen LogP contribution in [0.2, 0.25) is 0 Å². The van der Waals surface area contributed by atoms with Crippen LogP contribution in [-0.2, 0) is 22.5 Å². The van der Waals surface area contributed by atoms with Crippen molar-refractivity contribution in [3.05, 3.63) is 40.3 Å². The van der Waals surface area contributed by atoms with Crippen LogP contribution in [0.4, 0.5) is 5.00 Å². The molecule has 1 aliphatic rings. The highest BCUT2D eigenvalue weighted by Crippen LogP contribution is 2.38.